The van der Waals surface area contributed by atoms with Gasteiger partial charge in [-0.05, 0) is 29.4 Å². The number of ether oxygens (including phenoxy) is 1. The van der Waals surface area contributed by atoms with Gasteiger partial charge in [0.2, 0.25) is 0 Å². The highest BCUT2D eigenvalue weighted by atomic mass is 32.2. The predicted molar refractivity (Wildman–Crippen MR) is 76.9 cm³/mol. The SMILES string of the molecule is CC(CO)CSCCOc1ccc(CC(=O)O)cc1. The van der Waals surface area contributed by atoms with Crippen LogP contribution in [-0.4, -0.2) is 40.9 Å². The highest BCUT2D eigenvalue weighted by molar-refractivity contribution is 7.99. The molecule has 0 amide bonds. The fraction of sp³-hybridized carbons (Fsp3) is 0.500. The summed E-state index contributed by atoms with van der Waals surface area (Å²) in [4.78, 5) is 10.5. The maximum Gasteiger partial charge on any atom is 0.307 e. The number of carboxylic acid groups (broad SMARTS) is 1. The van der Waals surface area contributed by atoms with E-state index in [2.05, 4.69) is 0 Å². The lowest BCUT2D eigenvalue weighted by molar-refractivity contribution is -0.136. The van der Waals surface area contributed by atoms with E-state index in [1.807, 2.05) is 6.92 Å². The lowest BCUT2D eigenvalue weighted by Crippen LogP contribution is -2.07. The molecule has 2 N–H and O–H groups in total. The molecule has 0 aliphatic rings. The molecule has 5 heteroatoms. The van der Waals surface area contributed by atoms with Crippen molar-refractivity contribution >= 4 is 17.7 Å². The second-order valence-electron chi connectivity index (χ2n) is 4.43. The smallest absolute Gasteiger partial charge is 0.307 e. The minimum atomic E-state index is -0.830. The number of aliphatic hydroxyl groups is 1. The molecule has 1 aromatic carbocycles. The summed E-state index contributed by atoms with van der Waals surface area (Å²) in [6.07, 6.45) is 0.0369. The topological polar surface area (TPSA) is 66.8 Å². The van der Waals surface area contributed by atoms with Crippen LogP contribution in [0.5, 0.6) is 5.75 Å². The fourth-order valence-corrected chi connectivity index (χ4v) is 2.31. The molecule has 1 aromatic rings. The molecule has 0 aliphatic heterocycles. The molecule has 0 aromatic heterocycles. The first kappa shape index (κ1) is 15.9. The van der Waals surface area contributed by atoms with E-state index in [1.165, 1.54) is 0 Å². The summed E-state index contributed by atoms with van der Waals surface area (Å²) in [5, 5.41) is 17.5. The van der Waals surface area contributed by atoms with E-state index >= 15 is 0 Å². The van der Waals surface area contributed by atoms with Crippen LogP contribution in [0, 0.1) is 5.92 Å². The Labute approximate surface area is 117 Å². The predicted octanol–water partition coefficient (Wildman–Crippen LogP) is 2.05. The number of carbonyl (C=O) groups is 1. The van der Waals surface area contributed by atoms with Crippen molar-refractivity contribution in [1.82, 2.24) is 0 Å². The van der Waals surface area contributed by atoms with Crippen molar-refractivity contribution in [2.75, 3.05) is 24.7 Å². The maximum atomic E-state index is 10.5. The van der Waals surface area contributed by atoms with Crippen LogP contribution in [0.2, 0.25) is 0 Å². The first-order valence-electron chi connectivity index (χ1n) is 6.24. The summed E-state index contributed by atoms with van der Waals surface area (Å²) < 4.78 is 5.55. The summed E-state index contributed by atoms with van der Waals surface area (Å²) in [7, 11) is 0. The molecule has 0 heterocycles. The van der Waals surface area contributed by atoms with Crippen molar-refractivity contribution in [3.05, 3.63) is 29.8 Å². The molecule has 0 saturated heterocycles. The van der Waals surface area contributed by atoms with Gasteiger partial charge in [0.25, 0.3) is 0 Å². The Morgan fingerprint density at radius 3 is 2.63 bits per heavy atom. The van der Waals surface area contributed by atoms with Gasteiger partial charge in [-0.15, -0.1) is 0 Å². The number of thioether (sulfide) groups is 1. The highest BCUT2D eigenvalue weighted by Crippen LogP contribution is 2.14. The third kappa shape index (κ3) is 7.08. The van der Waals surface area contributed by atoms with E-state index in [4.69, 9.17) is 14.9 Å². The molecule has 19 heavy (non-hydrogen) atoms. The number of benzene rings is 1. The molecule has 1 rings (SSSR count). The van der Waals surface area contributed by atoms with E-state index in [9.17, 15) is 4.79 Å². The van der Waals surface area contributed by atoms with Crippen LogP contribution < -0.4 is 4.74 Å². The zero-order chi connectivity index (χ0) is 14.1. The third-order valence-corrected chi connectivity index (χ3v) is 3.75. The van der Waals surface area contributed by atoms with Crippen LogP contribution in [0.25, 0.3) is 0 Å². The number of aliphatic hydroxyl groups excluding tert-OH is 1. The Morgan fingerprint density at radius 2 is 2.05 bits per heavy atom. The summed E-state index contributed by atoms with van der Waals surface area (Å²) in [6.45, 7) is 2.84. The van der Waals surface area contributed by atoms with Crippen LogP contribution in [0.15, 0.2) is 24.3 Å². The summed E-state index contributed by atoms with van der Waals surface area (Å²) >= 11 is 1.75. The molecule has 4 nitrogen and oxygen atoms in total. The van der Waals surface area contributed by atoms with Crippen molar-refractivity contribution in [1.29, 1.82) is 0 Å². The molecule has 0 bridgehead atoms. The maximum absolute atomic E-state index is 10.5. The molecule has 106 valence electrons. The van der Waals surface area contributed by atoms with Crippen LogP contribution in [0.3, 0.4) is 0 Å². The second kappa shape index (κ2) is 8.82. The zero-order valence-electron chi connectivity index (χ0n) is 11.0. The Balaban J connectivity index is 2.21. The lowest BCUT2D eigenvalue weighted by Gasteiger charge is -2.09. The van der Waals surface area contributed by atoms with Crippen molar-refractivity contribution in [2.45, 2.75) is 13.3 Å². The van der Waals surface area contributed by atoms with Crippen molar-refractivity contribution in [2.24, 2.45) is 5.92 Å². The van der Waals surface area contributed by atoms with Gasteiger partial charge in [-0.2, -0.15) is 11.8 Å². The van der Waals surface area contributed by atoms with E-state index in [0.717, 1.165) is 22.8 Å². The molecule has 1 atom stereocenters. The average molecular weight is 284 g/mol. The number of hydrogen-bond acceptors (Lipinski definition) is 4. The molecular weight excluding hydrogens is 264 g/mol. The Hall–Kier alpha value is -1.20. The van der Waals surface area contributed by atoms with Crippen LogP contribution >= 0.6 is 11.8 Å². The Bertz CT molecular complexity index is 378. The highest BCUT2D eigenvalue weighted by Gasteiger charge is 2.02. The van der Waals surface area contributed by atoms with Gasteiger partial charge >= 0.3 is 5.97 Å². The van der Waals surface area contributed by atoms with Crippen molar-refractivity contribution in [3.63, 3.8) is 0 Å². The number of hydrogen-bond donors (Lipinski definition) is 2. The number of rotatable bonds is 9. The molecule has 0 radical (unpaired) electrons. The fourth-order valence-electron chi connectivity index (χ4n) is 1.43. The lowest BCUT2D eigenvalue weighted by atomic mass is 10.1. The van der Waals surface area contributed by atoms with Gasteiger partial charge in [0.1, 0.15) is 5.75 Å². The molecule has 0 fully saturated rings. The molecule has 1 unspecified atom stereocenters. The van der Waals surface area contributed by atoms with E-state index < -0.39 is 5.97 Å². The molecule has 0 aliphatic carbocycles. The van der Waals surface area contributed by atoms with Gasteiger partial charge in [-0.1, -0.05) is 19.1 Å². The quantitative estimate of drug-likeness (QED) is 0.679. The van der Waals surface area contributed by atoms with Gasteiger partial charge < -0.3 is 14.9 Å². The first-order chi connectivity index (χ1) is 9.11. The molecule has 0 saturated carbocycles. The van der Waals surface area contributed by atoms with Crippen molar-refractivity contribution < 1.29 is 19.7 Å². The number of carboxylic acids is 1. The number of aliphatic carboxylic acids is 1. The van der Waals surface area contributed by atoms with E-state index in [-0.39, 0.29) is 13.0 Å². The largest absolute Gasteiger partial charge is 0.493 e. The molecular formula is C14H20O4S. The average Bonchev–Trinajstić information content (AvgIpc) is 2.39. The minimum Gasteiger partial charge on any atom is -0.493 e. The van der Waals surface area contributed by atoms with Crippen molar-refractivity contribution in [3.8, 4) is 5.75 Å². The van der Waals surface area contributed by atoms with Gasteiger partial charge in [-0.3, -0.25) is 4.79 Å². The Morgan fingerprint density at radius 1 is 1.37 bits per heavy atom. The van der Waals surface area contributed by atoms with Gasteiger partial charge in [0.05, 0.1) is 13.0 Å². The van der Waals surface area contributed by atoms with E-state index in [0.29, 0.717) is 12.5 Å². The normalized spacial score (nSPS) is 12.1. The zero-order valence-corrected chi connectivity index (χ0v) is 11.9. The monoisotopic (exact) mass is 284 g/mol. The molecule has 0 spiro atoms. The van der Waals surface area contributed by atoms with Crippen LogP contribution in [-0.2, 0) is 11.2 Å². The third-order valence-electron chi connectivity index (χ3n) is 2.49. The Kier molecular flexibility index (Phi) is 7.36. The van der Waals surface area contributed by atoms with Gasteiger partial charge in [0.15, 0.2) is 0 Å². The standard InChI is InChI=1S/C14H20O4S/c1-11(9-15)10-19-7-6-18-13-4-2-12(3-5-13)8-14(16)17/h2-5,11,15H,6-10H2,1H3,(H,16,17). The summed E-state index contributed by atoms with van der Waals surface area (Å²) in [5.74, 6) is 2.05. The summed E-state index contributed by atoms with van der Waals surface area (Å²) in [6, 6.07) is 7.12. The second-order valence-corrected chi connectivity index (χ2v) is 5.58. The summed E-state index contributed by atoms with van der Waals surface area (Å²) in [5.41, 5.74) is 0.769. The van der Waals surface area contributed by atoms with Gasteiger partial charge in [-0.25, -0.2) is 0 Å². The van der Waals surface area contributed by atoms with Gasteiger partial charge in [0, 0.05) is 12.4 Å². The van der Waals surface area contributed by atoms with Crippen LogP contribution in [0.4, 0.5) is 0 Å². The van der Waals surface area contributed by atoms with Crippen LogP contribution in [0.1, 0.15) is 12.5 Å². The minimum absolute atomic E-state index is 0.0369. The first-order valence-corrected chi connectivity index (χ1v) is 7.39. The van der Waals surface area contributed by atoms with E-state index in [1.54, 1.807) is 36.0 Å².